The fourth-order valence-corrected chi connectivity index (χ4v) is 1.94. The Morgan fingerprint density at radius 3 is 2.21 bits per heavy atom. The van der Waals surface area contributed by atoms with Crippen LogP contribution in [0.25, 0.3) is 5.57 Å². The van der Waals surface area contributed by atoms with Gasteiger partial charge >= 0.3 is 0 Å². The van der Waals surface area contributed by atoms with Crippen molar-refractivity contribution in [3.8, 4) is 11.5 Å². The first-order valence-corrected chi connectivity index (χ1v) is 6.43. The summed E-state index contributed by atoms with van der Waals surface area (Å²) in [5.74, 6) is 1.64. The minimum atomic E-state index is 0.169. The summed E-state index contributed by atoms with van der Waals surface area (Å²) in [6.07, 6.45) is 2.71. The molecular weight excluding hydrogens is 236 g/mol. The predicted octanol–water partition coefficient (Wildman–Crippen LogP) is 4.26. The molecule has 0 atom stereocenters. The Hall–Kier alpha value is -2.06. The summed E-state index contributed by atoms with van der Waals surface area (Å²) in [7, 11) is 0. The lowest BCUT2D eigenvalue weighted by Crippen LogP contribution is -1.89. The minimum absolute atomic E-state index is 0.169. The fourth-order valence-electron chi connectivity index (χ4n) is 1.94. The van der Waals surface area contributed by atoms with Crippen LogP contribution in [0.15, 0.2) is 60.7 Å². The highest BCUT2D eigenvalue weighted by Gasteiger charge is 2.01. The van der Waals surface area contributed by atoms with Crippen molar-refractivity contribution < 1.29 is 9.84 Å². The molecule has 0 aliphatic carbocycles. The number of allylic oxidation sites excluding steroid dienone is 1. The molecule has 0 saturated carbocycles. The number of benzene rings is 2. The molecule has 2 nitrogen and oxygen atoms in total. The van der Waals surface area contributed by atoms with E-state index in [1.165, 1.54) is 0 Å². The van der Waals surface area contributed by atoms with Crippen LogP contribution in [0.3, 0.4) is 0 Å². The third-order valence-corrected chi connectivity index (χ3v) is 2.93. The topological polar surface area (TPSA) is 29.5 Å². The first-order chi connectivity index (χ1) is 9.33. The van der Waals surface area contributed by atoms with E-state index in [1.54, 1.807) is 0 Å². The number of rotatable bonds is 5. The van der Waals surface area contributed by atoms with Crippen LogP contribution in [0.4, 0.5) is 0 Å². The summed E-state index contributed by atoms with van der Waals surface area (Å²) in [5.41, 5.74) is 2.27. The molecule has 0 aliphatic heterocycles. The van der Waals surface area contributed by atoms with Crippen molar-refractivity contribution in [2.75, 3.05) is 6.61 Å². The SMILES string of the molecule is C/C=C(\CCO)c1ccc(Oc2ccccc2)cc1. The number of aliphatic hydroxyl groups is 1. The maximum Gasteiger partial charge on any atom is 0.127 e. The largest absolute Gasteiger partial charge is 0.457 e. The number of ether oxygens (including phenoxy) is 1. The second-order valence-electron chi connectivity index (χ2n) is 4.23. The van der Waals surface area contributed by atoms with Crippen LogP contribution in [0, 0.1) is 0 Å². The number of para-hydroxylation sites is 1. The molecule has 2 aromatic carbocycles. The zero-order chi connectivity index (χ0) is 13.5. The van der Waals surface area contributed by atoms with E-state index >= 15 is 0 Å². The lowest BCUT2D eigenvalue weighted by Gasteiger charge is -2.08. The van der Waals surface area contributed by atoms with Gasteiger partial charge in [-0.05, 0) is 48.7 Å². The van der Waals surface area contributed by atoms with E-state index in [4.69, 9.17) is 9.84 Å². The Labute approximate surface area is 114 Å². The van der Waals surface area contributed by atoms with Crippen LogP contribution in [-0.2, 0) is 0 Å². The quantitative estimate of drug-likeness (QED) is 0.863. The maximum atomic E-state index is 9.01. The second-order valence-corrected chi connectivity index (χ2v) is 4.23. The van der Waals surface area contributed by atoms with Crippen LogP contribution in [0.2, 0.25) is 0 Å². The van der Waals surface area contributed by atoms with Crippen LogP contribution < -0.4 is 4.74 Å². The van der Waals surface area contributed by atoms with Crippen molar-refractivity contribution in [1.82, 2.24) is 0 Å². The molecule has 2 heteroatoms. The number of aliphatic hydroxyl groups excluding tert-OH is 1. The Balaban J connectivity index is 2.10. The van der Waals surface area contributed by atoms with Crippen molar-refractivity contribution in [1.29, 1.82) is 0 Å². The van der Waals surface area contributed by atoms with Crippen molar-refractivity contribution >= 4 is 5.57 Å². The molecule has 0 bridgehead atoms. The van der Waals surface area contributed by atoms with E-state index < -0.39 is 0 Å². The third kappa shape index (κ3) is 3.70. The second kappa shape index (κ2) is 6.76. The van der Waals surface area contributed by atoms with Crippen LogP contribution in [0.1, 0.15) is 18.9 Å². The summed E-state index contributed by atoms with van der Waals surface area (Å²) in [4.78, 5) is 0. The summed E-state index contributed by atoms with van der Waals surface area (Å²) in [5, 5.41) is 9.01. The zero-order valence-corrected chi connectivity index (χ0v) is 11.0. The summed E-state index contributed by atoms with van der Waals surface area (Å²) in [6, 6.07) is 17.6. The molecule has 0 aliphatic rings. The van der Waals surface area contributed by atoms with Gasteiger partial charge in [-0.2, -0.15) is 0 Å². The average Bonchev–Trinajstić information content (AvgIpc) is 2.47. The highest BCUT2D eigenvalue weighted by Crippen LogP contribution is 2.24. The standard InChI is InChI=1S/C17H18O2/c1-2-14(12-13-18)15-8-10-17(11-9-15)19-16-6-4-3-5-7-16/h2-11,18H,12-13H2,1H3/b14-2+. The third-order valence-electron chi connectivity index (χ3n) is 2.93. The molecule has 98 valence electrons. The molecule has 19 heavy (non-hydrogen) atoms. The normalized spacial score (nSPS) is 11.4. The van der Waals surface area contributed by atoms with Gasteiger partial charge in [-0.25, -0.2) is 0 Å². The van der Waals surface area contributed by atoms with Crippen LogP contribution in [0.5, 0.6) is 11.5 Å². The molecule has 1 N–H and O–H groups in total. The molecule has 0 radical (unpaired) electrons. The summed E-state index contributed by atoms with van der Waals surface area (Å²) in [6.45, 7) is 2.15. The minimum Gasteiger partial charge on any atom is -0.457 e. The molecule has 0 aromatic heterocycles. The summed E-state index contributed by atoms with van der Waals surface area (Å²) >= 11 is 0. The highest BCUT2D eigenvalue weighted by atomic mass is 16.5. The first kappa shape index (κ1) is 13.4. The van der Waals surface area contributed by atoms with Crippen LogP contribution in [-0.4, -0.2) is 11.7 Å². The monoisotopic (exact) mass is 254 g/mol. The van der Waals surface area contributed by atoms with Gasteiger partial charge in [0.25, 0.3) is 0 Å². The number of hydrogen-bond acceptors (Lipinski definition) is 2. The van der Waals surface area contributed by atoms with Gasteiger partial charge in [0.1, 0.15) is 11.5 Å². The van der Waals surface area contributed by atoms with Gasteiger partial charge in [0.15, 0.2) is 0 Å². The Bertz CT molecular complexity index is 527. The lowest BCUT2D eigenvalue weighted by atomic mass is 10.0. The highest BCUT2D eigenvalue weighted by molar-refractivity contribution is 5.65. The van der Waals surface area contributed by atoms with Gasteiger partial charge in [-0.3, -0.25) is 0 Å². The molecule has 0 unspecified atom stereocenters. The smallest absolute Gasteiger partial charge is 0.127 e. The van der Waals surface area contributed by atoms with E-state index in [2.05, 4.69) is 0 Å². The number of hydrogen-bond donors (Lipinski definition) is 1. The Morgan fingerprint density at radius 1 is 1.00 bits per heavy atom. The molecule has 0 saturated heterocycles. The molecule has 2 aromatic rings. The fraction of sp³-hybridized carbons (Fsp3) is 0.176. The van der Waals surface area contributed by atoms with Gasteiger partial charge in [0, 0.05) is 6.61 Å². The molecule has 0 fully saturated rings. The van der Waals surface area contributed by atoms with Crippen molar-refractivity contribution in [3.63, 3.8) is 0 Å². The Kier molecular flexibility index (Phi) is 4.76. The van der Waals surface area contributed by atoms with Crippen LogP contribution >= 0.6 is 0 Å². The van der Waals surface area contributed by atoms with E-state index in [1.807, 2.05) is 67.6 Å². The van der Waals surface area contributed by atoms with E-state index in [9.17, 15) is 0 Å². The van der Waals surface area contributed by atoms with E-state index in [0.29, 0.717) is 6.42 Å². The molecule has 2 rings (SSSR count). The molecule has 0 spiro atoms. The lowest BCUT2D eigenvalue weighted by molar-refractivity contribution is 0.305. The van der Waals surface area contributed by atoms with Gasteiger partial charge in [0.2, 0.25) is 0 Å². The zero-order valence-electron chi connectivity index (χ0n) is 11.0. The van der Waals surface area contributed by atoms with Gasteiger partial charge in [-0.15, -0.1) is 0 Å². The van der Waals surface area contributed by atoms with Crippen molar-refractivity contribution in [3.05, 3.63) is 66.2 Å². The molecule has 0 amide bonds. The van der Waals surface area contributed by atoms with E-state index in [-0.39, 0.29) is 6.61 Å². The molecular formula is C17H18O2. The Morgan fingerprint density at radius 2 is 1.63 bits per heavy atom. The average molecular weight is 254 g/mol. The first-order valence-electron chi connectivity index (χ1n) is 6.43. The van der Waals surface area contributed by atoms with Gasteiger partial charge in [0.05, 0.1) is 0 Å². The van der Waals surface area contributed by atoms with Crippen molar-refractivity contribution in [2.24, 2.45) is 0 Å². The summed E-state index contributed by atoms with van der Waals surface area (Å²) < 4.78 is 5.74. The maximum absolute atomic E-state index is 9.01. The molecule has 0 heterocycles. The van der Waals surface area contributed by atoms with Gasteiger partial charge < -0.3 is 9.84 Å². The van der Waals surface area contributed by atoms with E-state index in [0.717, 1.165) is 22.6 Å². The van der Waals surface area contributed by atoms with Gasteiger partial charge in [-0.1, -0.05) is 36.4 Å². The predicted molar refractivity (Wildman–Crippen MR) is 78.3 cm³/mol. The van der Waals surface area contributed by atoms with Crippen molar-refractivity contribution in [2.45, 2.75) is 13.3 Å².